The van der Waals surface area contributed by atoms with Crippen LogP contribution in [0.2, 0.25) is 0 Å². The Hall–Kier alpha value is -0.820. The molecule has 17 heavy (non-hydrogen) atoms. The van der Waals surface area contributed by atoms with Gasteiger partial charge in [0, 0.05) is 5.54 Å². The minimum atomic E-state index is -0.164. The van der Waals surface area contributed by atoms with Gasteiger partial charge in [0.1, 0.15) is 0 Å². The highest BCUT2D eigenvalue weighted by Gasteiger charge is 2.37. The summed E-state index contributed by atoms with van der Waals surface area (Å²) in [4.78, 5) is 0. The van der Waals surface area contributed by atoms with E-state index in [-0.39, 0.29) is 5.54 Å². The van der Waals surface area contributed by atoms with Crippen LogP contribution in [0.15, 0.2) is 30.3 Å². The van der Waals surface area contributed by atoms with Crippen molar-refractivity contribution in [1.82, 2.24) is 0 Å². The molecule has 0 bridgehead atoms. The Kier molecular flexibility index (Phi) is 3.88. The summed E-state index contributed by atoms with van der Waals surface area (Å²) in [6, 6.07) is 10.6. The van der Waals surface area contributed by atoms with Gasteiger partial charge in [-0.1, -0.05) is 62.9 Å². The average Bonchev–Trinajstić information content (AvgIpc) is 2.39. The highest BCUT2D eigenvalue weighted by atomic mass is 14.8. The van der Waals surface area contributed by atoms with E-state index in [1.807, 2.05) is 0 Å². The van der Waals surface area contributed by atoms with Gasteiger partial charge in [0.05, 0.1) is 0 Å². The van der Waals surface area contributed by atoms with Gasteiger partial charge in [-0.25, -0.2) is 0 Å². The lowest BCUT2D eigenvalue weighted by Gasteiger charge is -2.42. The van der Waals surface area contributed by atoms with E-state index in [2.05, 4.69) is 44.2 Å². The lowest BCUT2D eigenvalue weighted by Crippen LogP contribution is -2.45. The van der Waals surface area contributed by atoms with E-state index < -0.39 is 0 Å². The zero-order valence-corrected chi connectivity index (χ0v) is 11.2. The summed E-state index contributed by atoms with van der Waals surface area (Å²) < 4.78 is 0. The first kappa shape index (κ1) is 12.6. The highest BCUT2D eigenvalue weighted by Crippen LogP contribution is 2.42. The van der Waals surface area contributed by atoms with Crippen LogP contribution in [0.25, 0.3) is 0 Å². The van der Waals surface area contributed by atoms with E-state index in [4.69, 9.17) is 5.73 Å². The fourth-order valence-corrected chi connectivity index (χ4v) is 3.50. The van der Waals surface area contributed by atoms with Crippen molar-refractivity contribution in [3.63, 3.8) is 0 Å². The normalized spacial score (nSPS) is 28.6. The van der Waals surface area contributed by atoms with Gasteiger partial charge in [-0.15, -0.1) is 0 Å². The van der Waals surface area contributed by atoms with Crippen LogP contribution < -0.4 is 5.73 Å². The summed E-state index contributed by atoms with van der Waals surface area (Å²) >= 11 is 0. The molecule has 1 fully saturated rings. The Labute approximate surface area is 105 Å². The van der Waals surface area contributed by atoms with Gasteiger partial charge in [0.15, 0.2) is 0 Å². The Morgan fingerprint density at radius 1 is 1.18 bits per heavy atom. The minimum absolute atomic E-state index is 0.164. The second-order valence-electron chi connectivity index (χ2n) is 5.71. The summed E-state index contributed by atoms with van der Waals surface area (Å²) in [5.74, 6) is 1.45. The second kappa shape index (κ2) is 5.22. The number of rotatable bonds is 3. The summed E-state index contributed by atoms with van der Waals surface area (Å²) in [5, 5.41) is 0. The third-order valence-electron chi connectivity index (χ3n) is 4.60. The average molecular weight is 231 g/mol. The summed E-state index contributed by atoms with van der Waals surface area (Å²) in [7, 11) is 0. The van der Waals surface area contributed by atoms with Crippen molar-refractivity contribution >= 4 is 0 Å². The number of nitrogens with two attached hydrogens (primary N) is 1. The van der Waals surface area contributed by atoms with Gasteiger partial charge in [0.25, 0.3) is 0 Å². The summed E-state index contributed by atoms with van der Waals surface area (Å²) in [6.45, 7) is 4.53. The summed E-state index contributed by atoms with van der Waals surface area (Å²) in [5.41, 5.74) is 7.81. The van der Waals surface area contributed by atoms with Gasteiger partial charge >= 0.3 is 0 Å². The maximum absolute atomic E-state index is 6.68. The van der Waals surface area contributed by atoms with Crippen LogP contribution in [0.4, 0.5) is 0 Å². The molecule has 0 radical (unpaired) electrons. The Morgan fingerprint density at radius 2 is 1.82 bits per heavy atom. The molecule has 0 saturated heterocycles. The van der Waals surface area contributed by atoms with Gasteiger partial charge in [-0.05, 0) is 30.7 Å². The lowest BCUT2D eigenvalue weighted by molar-refractivity contribution is 0.138. The molecule has 0 aliphatic heterocycles. The fourth-order valence-electron chi connectivity index (χ4n) is 3.50. The molecule has 0 spiro atoms. The maximum atomic E-state index is 6.68. The molecule has 94 valence electrons. The van der Waals surface area contributed by atoms with Crippen molar-refractivity contribution in [2.75, 3.05) is 0 Å². The smallest absolute Gasteiger partial charge is 0.0412 e. The van der Waals surface area contributed by atoms with E-state index >= 15 is 0 Å². The summed E-state index contributed by atoms with van der Waals surface area (Å²) in [6.07, 6.45) is 6.66. The molecule has 2 rings (SSSR count). The molecule has 1 saturated carbocycles. The van der Waals surface area contributed by atoms with Crippen LogP contribution in [0.5, 0.6) is 0 Å². The van der Waals surface area contributed by atoms with Crippen molar-refractivity contribution in [2.45, 2.75) is 51.5 Å². The third kappa shape index (κ3) is 2.55. The van der Waals surface area contributed by atoms with Crippen molar-refractivity contribution in [3.05, 3.63) is 35.9 Å². The van der Waals surface area contributed by atoms with Crippen molar-refractivity contribution in [3.8, 4) is 0 Å². The molecule has 1 aromatic carbocycles. The molecular formula is C16H25N. The zero-order chi connectivity index (χ0) is 12.3. The third-order valence-corrected chi connectivity index (χ3v) is 4.60. The molecule has 1 aliphatic carbocycles. The van der Waals surface area contributed by atoms with E-state index in [1.165, 1.54) is 37.7 Å². The molecule has 0 aromatic heterocycles. The molecule has 2 N–H and O–H groups in total. The number of hydrogen-bond donors (Lipinski definition) is 1. The Balaban J connectivity index is 2.24. The molecule has 1 heteroatoms. The maximum Gasteiger partial charge on any atom is 0.0412 e. The molecule has 1 nitrogen and oxygen atoms in total. The zero-order valence-electron chi connectivity index (χ0n) is 11.2. The Morgan fingerprint density at radius 3 is 2.47 bits per heavy atom. The van der Waals surface area contributed by atoms with Crippen LogP contribution in [-0.2, 0) is 5.54 Å². The lowest BCUT2D eigenvalue weighted by atomic mass is 9.66. The standard InChI is InChI=1S/C16H25N/c1-3-13-9-7-8-12-15(13)16(2,17)14-10-5-4-6-11-14/h4-6,10-11,13,15H,3,7-9,12,17H2,1-2H3. The first-order chi connectivity index (χ1) is 8.16. The number of benzene rings is 1. The van der Waals surface area contributed by atoms with Crippen LogP contribution in [0, 0.1) is 11.8 Å². The SMILES string of the molecule is CCC1CCCCC1C(C)(N)c1ccccc1. The Bertz CT molecular complexity index is 342. The van der Waals surface area contributed by atoms with E-state index in [0.29, 0.717) is 5.92 Å². The van der Waals surface area contributed by atoms with Crippen molar-refractivity contribution in [2.24, 2.45) is 17.6 Å². The van der Waals surface area contributed by atoms with Gasteiger partial charge in [0.2, 0.25) is 0 Å². The molecule has 0 amide bonds. The molecule has 1 aromatic rings. The predicted octanol–water partition coefficient (Wildman–Crippen LogP) is 4.08. The predicted molar refractivity (Wildman–Crippen MR) is 73.7 cm³/mol. The largest absolute Gasteiger partial charge is 0.321 e. The quantitative estimate of drug-likeness (QED) is 0.833. The first-order valence-corrected chi connectivity index (χ1v) is 7.00. The van der Waals surface area contributed by atoms with Crippen LogP contribution >= 0.6 is 0 Å². The van der Waals surface area contributed by atoms with Crippen molar-refractivity contribution < 1.29 is 0 Å². The van der Waals surface area contributed by atoms with Crippen LogP contribution in [0.3, 0.4) is 0 Å². The van der Waals surface area contributed by atoms with E-state index in [0.717, 1.165) is 5.92 Å². The van der Waals surface area contributed by atoms with Crippen LogP contribution in [-0.4, -0.2) is 0 Å². The van der Waals surface area contributed by atoms with E-state index in [1.54, 1.807) is 0 Å². The first-order valence-electron chi connectivity index (χ1n) is 7.00. The van der Waals surface area contributed by atoms with Gasteiger partial charge in [-0.2, -0.15) is 0 Å². The molecular weight excluding hydrogens is 206 g/mol. The van der Waals surface area contributed by atoms with E-state index in [9.17, 15) is 0 Å². The molecule has 3 atom stereocenters. The fraction of sp³-hybridized carbons (Fsp3) is 0.625. The van der Waals surface area contributed by atoms with Gasteiger partial charge in [-0.3, -0.25) is 0 Å². The minimum Gasteiger partial charge on any atom is -0.321 e. The second-order valence-corrected chi connectivity index (χ2v) is 5.71. The molecule has 3 unspecified atom stereocenters. The number of hydrogen-bond acceptors (Lipinski definition) is 1. The molecule has 1 aliphatic rings. The molecule has 0 heterocycles. The highest BCUT2D eigenvalue weighted by molar-refractivity contribution is 5.24. The monoisotopic (exact) mass is 231 g/mol. The van der Waals surface area contributed by atoms with Gasteiger partial charge < -0.3 is 5.73 Å². The van der Waals surface area contributed by atoms with Crippen LogP contribution in [0.1, 0.15) is 51.5 Å². The topological polar surface area (TPSA) is 26.0 Å². The van der Waals surface area contributed by atoms with Crippen molar-refractivity contribution in [1.29, 1.82) is 0 Å².